The van der Waals surface area contributed by atoms with Crippen LogP contribution in [0.4, 0.5) is 0 Å². The van der Waals surface area contributed by atoms with Crippen molar-refractivity contribution in [3.63, 3.8) is 0 Å². The maximum atomic E-state index is 12.4. The molecule has 0 fully saturated rings. The van der Waals surface area contributed by atoms with Gasteiger partial charge >= 0.3 is 0 Å². The second kappa shape index (κ2) is 5.40. The molecule has 0 unspecified atom stereocenters. The molecule has 18 heavy (non-hydrogen) atoms. The van der Waals surface area contributed by atoms with Gasteiger partial charge in [0, 0.05) is 11.4 Å². The number of furan rings is 1. The number of aryl methyl sites for hydroxylation is 2. The Hall–Kier alpha value is -1.55. The van der Waals surface area contributed by atoms with Crippen molar-refractivity contribution in [2.24, 2.45) is 0 Å². The van der Waals surface area contributed by atoms with E-state index in [-0.39, 0.29) is 5.91 Å². The van der Waals surface area contributed by atoms with Crippen LogP contribution in [0.15, 0.2) is 28.0 Å². The van der Waals surface area contributed by atoms with E-state index in [1.807, 2.05) is 49.3 Å². The topological polar surface area (TPSA) is 33.5 Å². The quantitative estimate of drug-likeness (QED) is 0.844. The van der Waals surface area contributed by atoms with Gasteiger partial charge in [0.05, 0.1) is 12.1 Å². The standard InChI is InChI=1S/C14H17NO2S/c1-4-15(9-12-6-5-7-18-12)14(16)13-8-10(2)17-11(13)3/h5-8H,4,9H2,1-3H3. The fourth-order valence-corrected chi connectivity index (χ4v) is 2.65. The molecule has 2 aromatic rings. The Morgan fingerprint density at radius 3 is 2.72 bits per heavy atom. The Morgan fingerprint density at radius 1 is 1.44 bits per heavy atom. The van der Waals surface area contributed by atoms with Crippen LogP contribution in [-0.4, -0.2) is 17.4 Å². The highest BCUT2D eigenvalue weighted by atomic mass is 32.1. The lowest BCUT2D eigenvalue weighted by molar-refractivity contribution is 0.0752. The molecular formula is C14H17NO2S. The van der Waals surface area contributed by atoms with E-state index in [2.05, 4.69) is 0 Å². The normalized spacial score (nSPS) is 10.6. The number of hydrogen-bond donors (Lipinski definition) is 0. The summed E-state index contributed by atoms with van der Waals surface area (Å²) in [5.41, 5.74) is 0.672. The van der Waals surface area contributed by atoms with Crippen LogP contribution in [0, 0.1) is 13.8 Å². The Bertz CT molecular complexity index is 528. The number of thiophene rings is 1. The monoisotopic (exact) mass is 263 g/mol. The van der Waals surface area contributed by atoms with Crippen molar-refractivity contribution in [2.75, 3.05) is 6.54 Å². The van der Waals surface area contributed by atoms with E-state index in [0.717, 1.165) is 5.76 Å². The van der Waals surface area contributed by atoms with Crippen LogP contribution >= 0.6 is 11.3 Å². The molecule has 2 rings (SSSR count). The molecule has 0 spiro atoms. The summed E-state index contributed by atoms with van der Waals surface area (Å²) in [5, 5.41) is 2.03. The lowest BCUT2D eigenvalue weighted by Gasteiger charge is -2.19. The Labute approximate surface area is 111 Å². The second-order valence-electron chi connectivity index (χ2n) is 4.23. The molecule has 0 aliphatic rings. The number of carbonyl (C=O) groups is 1. The fraction of sp³-hybridized carbons (Fsp3) is 0.357. The van der Waals surface area contributed by atoms with Gasteiger partial charge in [-0.25, -0.2) is 0 Å². The zero-order valence-electron chi connectivity index (χ0n) is 10.9. The molecule has 1 amide bonds. The number of nitrogens with zero attached hydrogens (tertiary/aromatic N) is 1. The smallest absolute Gasteiger partial charge is 0.257 e. The van der Waals surface area contributed by atoms with E-state index in [1.54, 1.807) is 11.3 Å². The summed E-state index contributed by atoms with van der Waals surface area (Å²) in [5.74, 6) is 1.52. The predicted octanol–water partition coefficient (Wildman–Crippen LogP) is 3.62. The molecule has 4 heteroatoms. The molecule has 96 valence electrons. The first-order valence-electron chi connectivity index (χ1n) is 6.00. The van der Waals surface area contributed by atoms with Gasteiger partial charge in [-0.05, 0) is 38.3 Å². The van der Waals surface area contributed by atoms with Gasteiger partial charge in [0.2, 0.25) is 0 Å². The summed E-state index contributed by atoms with van der Waals surface area (Å²) in [7, 11) is 0. The first-order valence-corrected chi connectivity index (χ1v) is 6.88. The summed E-state index contributed by atoms with van der Waals surface area (Å²) in [6, 6.07) is 5.87. The van der Waals surface area contributed by atoms with Gasteiger partial charge in [-0.2, -0.15) is 0 Å². The highest BCUT2D eigenvalue weighted by Gasteiger charge is 2.19. The van der Waals surface area contributed by atoms with Crippen molar-refractivity contribution < 1.29 is 9.21 Å². The molecule has 0 aliphatic heterocycles. The summed E-state index contributed by atoms with van der Waals surface area (Å²) < 4.78 is 5.42. The largest absolute Gasteiger partial charge is 0.466 e. The predicted molar refractivity (Wildman–Crippen MR) is 72.9 cm³/mol. The molecule has 0 N–H and O–H groups in total. The van der Waals surface area contributed by atoms with E-state index in [4.69, 9.17) is 4.42 Å². The fourth-order valence-electron chi connectivity index (χ4n) is 1.93. The molecule has 0 saturated carbocycles. The minimum Gasteiger partial charge on any atom is -0.466 e. The van der Waals surface area contributed by atoms with Gasteiger partial charge in [0.15, 0.2) is 0 Å². The molecule has 0 saturated heterocycles. The third-order valence-electron chi connectivity index (χ3n) is 2.87. The van der Waals surface area contributed by atoms with Crippen molar-refractivity contribution in [1.29, 1.82) is 0 Å². The van der Waals surface area contributed by atoms with Crippen molar-refractivity contribution in [3.05, 3.63) is 45.5 Å². The van der Waals surface area contributed by atoms with Gasteiger partial charge in [0.1, 0.15) is 11.5 Å². The van der Waals surface area contributed by atoms with E-state index in [0.29, 0.717) is 24.4 Å². The van der Waals surface area contributed by atoms with Crippen LogP contribution in [0.5, 0.6) is 0 Å². The molecule has 0 aromatic carbocycles. The summed E-state index contributed by atoms with van der Waals surface area (Å²) in [4.78, 5) is 15.4. The third kappa shape index (κ3) is 2.64. The van der Waals surface area contributed by atoms with Crippen LogP contribution in [0.3, 0.4) is 0 Å². The van der Waals surface area contributed by atoms with Gasteiger partial charge in [-0.1, -0.05) is 6.07 Å². The Kier molecular flexibility index (Phi) is 3.87. The zero-order valence-corrected chi connectivity index (χ0v) is 11.7. The zero-order chi connectivity index (χ0) is 13.1. The van der Waals surface area contributed by atoms with E-state index < -0.39 is 0 Å². The van der Waals surface area contributed by atoms with Crippen LogP contribution in [0.1, 0.15) is 33.7 Å². The first-order chi connectivity index (χ1) is 8.61. The minimum absolute atomic E-state index is 0.0419. The van der Waals surface area contributed by atoms with Crippen LogP contribution < -0.4 is 0 Å². The van der Waals surface area contributed by atoms with Crippen molar-refractivity contribution in [1.82, 2.24) is 4.90 Å². The van der Waals surface area contributed by atoms with Crippen molar-refractivity contribution in [2.45, 2.75) is 27.3 Å². The van der Waals surface area contributed by atoms with Crippen molar-refractivity contribution in [3.8, 4) is 0 Å². The summed E-state index contributed by atoms with van der Waals surface area (Å²) >= 11 is 1.67. The van der Waals surface area contributed by atoms with Gasteiger partial charge in [-0.3, -0.25) is 4.79 Å². The van der Waals surface area contributed by atoms with Crippen molar-refractivity contribution >= 4 is 17.2 Å². The van der Waals surface area contributed by atoms with E-state index in [1.165, 1.54) is 4.88 Å². The molecule has 3 nitrogen and oxygen atoms in total. The van der Waals surface area contributed by atoms with Crippen LogP contribution in [0.25, 0.3) is 0 Å². The molecular weight excluding hydrogens is 246 g/mol. The molecule has 2 heterocycles. The number of hydrogen-bond acceptors (Lipinski definition) is 3. The molecule has 0 atom stereocenters. The first kappa shape index (κ1) is 12.9. The molecule has 0 bridgehead atoms. The number of amides is 1. The third-order valence-corrected chi connectivity index (χ3v) is 3.73. The Balaban J connectivity index is 2.17. The minimum atomic E-state index is 0.0419. The average molecular weight is 263 g/mol. The average Bonchev–Trinajstić information content (AvgIpc) is 2.95. The maximum absolute atomic E-state index is 12.4. The highest BCUT2D eigenvalue weighted by molar-refractivity contribution is 7.09. The molecule has 2 aromatic heterocycles. The van der Waals surface area contributed by atoms with E-state index in [9.17, 15) is 4.79 Å². The lowest BCUT2D eigenvalue weighted by Crippen LogP contribution is -2.30. The van der Waals surface area contributed by atoms with Crippen LogP contribution in [0.2, 0.25) is 0 Å². The Morgan fingerprint density at radius 2 is 2.22 bits per heavy atom. The summed E-state index contributed by atoms with van der Waals surface area (Å²) in [6.07, 6.45) is 0. The highest BCUT2D eigenvalue weighted by Crippen LogP contribution is 2.18. The van der Waals surface area contributed by atoms with Crippen LogP contribution in [-0.2, 0) is 6.54 Å². The van der Waals surface area contributed by atoms with Gasteiger partial charge in [0.25, 0.3) is 5.91 Å². The second-order valence-corrected chi connectivity index (χ2v) is 5.26. The summed E-state index contributed by atoms with van der Waals surface area (Å²) in [6.45, 7) is 7.05. The number of rotatable bonds is 4. The number of carbonyl (C=O) groups excluding carboxylic acids is 1. The van der Waals surface area contributed by atoms with Gasteiger partial charge in [-0.15, -0.1) is 11.3 Å². The SMILES string of the molecule is CCN(Cc1cccs1)C(=O)c1cc(C)oc1C. The van der Waals surface area contributed by atoms with E-state index >= 15 is 0 Å². The molecule has 0 radical (unpaired) electrons. The lowest BCUT2D eigenvalue weighted by atomic mass is 10.2. The van der Waals surface area contributed by atoms with Gasteiger partial charge < -0.3 is 9.32 Å². The molecule has 0 aliphatic carbocycles. The maximum Gasteiger partial charge on any atom is 0.257 e.